The molecule has 2 N–H and O–H groups in total. The Morgan fingerprint density at radius 2 is 1.90 bits per heavy atom. The quantitative estimate of drug-likeness (QED) is 0.516. The van der Waals surface area contributed by atoms with Crippen molar-refractivity contribution in [3.05, 3.63) is 53.9 Å². The number of hydrogen-bond donors (Lipinski definition) is 1. The molecule has 4 rings (SSSR count). The zero-order valence-corrected chi connectivity index (χ0v) is 17.7. The first-order valence-electron chi connectivity index (χ1n) is 10.1. The predicted octanol–water partition coefficient (Wildman–Crippen LogP) is 3.48. The van der Waals surface area contributed by atoms with Crippen LogP contribution in [0.2, 0.25) is 0 Å². The molecular weight excluding hydrogens is 382 g/mol. The van der Waals surface area contributed by atoms with E-state index in [0.29, 0.717) is 23.3 Å². The van der Waals surface area contributed by atoms with Crippen LogP contribution >= 0.6 is 11.8 Å². The third-order valence-electron chi connectivity index (χ3n) is 5.69. The maximum Gasteiger partial charge on any atom is 0.235 e. The Kier molecular flexibility index (Phi) is 5.76. The van der Waals surface area contributed by atoms with Crippen LogP contribution in [0.1, 0.15) is 38.1 Å². The van der Waals surface area contributed by atoms with Gasteiger partial charge < -0.3 is 10.7 Å². The third-order valence-corrected chi connectivity index (χ3v) is 6.73. The number of nitrogens with zero attached hydrogens (tertiary/aromatic N) is 4. The van der Waals surface area contributed by atoms with Crippen LogP contribution in [0.4, 0.5) is 0 Å². The van der Waals surface area contributed by atoms with E-state index in [0.717, 1.165) is 31.5 Å². The first-order chi connectivity index (χ1) is 14.0. The van der Waals surface area contributed by atoms with Gasteiger partial charge in [-0.15, -0.1) is 10.2 Å². The van der Waals surface area contributed by atoms with E-state index in [2.05, 4.69) is 41.4 Å². The Bertz CT molecular complexity index is 1000. The number of likely N-dealkylation sites (tertiary alicyclic amines) is 1. The number of thioether (sulfide) groups is 1. The molecule has 0 spiro atoms. The molecule has 1 fully saturated rings. The normalized spacial score (nSPS) is 16.3. The zero-order valence-electron chi connectivity index (χ0n) is 16.9. The molecule has 152 valence electrons. The molecule has 3 aromatic rings. The van der Waals surface area contributed by atoms with Gasteiger partial charge in [-0.3, -0.25) is 4.79 Å². The Morgan fingerprint density at radius 3 is 2.69 bits per heavy atom. The molecular formula is C22H27N5OS. The minimum Gasteiger partial charge on any atom is -0.342 e. The topological polar surface area (TPSA) is 77.0 Å². The van der Waals surface area contributed by atoms with Gasteiger partial charge in [-0.2, -0.15) is 0 Å². The van der Waals surface area contributed by atoms with E-state index in [1.807, 2.05) is 30.0 Å². The van der Waals surface area contributed by atoms with Gasteiger partial charge in [0, 0.05) is 19.5 Å². The SMILES string of the molecule is CC1CCN(C(=O)[C@@H](C)Sc2nnc(Cc3cccc4ccccc34)n2N)CC1. The first kappa shape index (κ1) is 19.8. The van der Waals surface area contributed by atoms with Crippen LogP contribution in [0.25, 0.3) is 10.8 Å². The number of carbonyl (C=O) groups is 1. The number of amides is 1. The number of hydrogen-bond acceptors (Lipinski definition) is 5. The van der Waals surface area contributed by atoms with Crippen LogP contribution < -0.4 is 5.84 Å². The molecule has 1 amide bonds. The smallest absolute Gasteiger partial charge is 0.235 e. The van der Waals surface area contributed by atoms with Gasteiger partial charge in [0.1, 0.15) is 0 Å². The molecule has 0 saturated carbocycles. The summed E-state index contributed by atoms with van der Waals surface area (Å²) in [6, 6.07) is 14.5. The summed E-state index contributed by atoms with van der Waals surface area (Å²) in [6.07, 6.45) is 2.74. The monoisotopic (exact) mass is 409 g/mol. The van der Waals surface area contributed by atoms with Crippen molar-refractivity contribution < 1.29 is 4.79 Å². The Hall–Kier alpha value is -2.54. The first-order valence-corrected chi connectivity index (χ1v) is 11.0. The maximum atomic E-state index is 12.8. The van der Waals surface area contributed by atoms with Crippen molar-refractivity contribution in [3.8, 4) is 0 Å². The molecule has 0 radical (unpaired) electrons. The summed E-state index contributed by atoms with van der Waals surface area (Å²) in [6.45, 7) is 5.84. The number of piperidine rings is 1. The standard InChI is InChI=1S/C22H27N5OS/c1-15-10-12-26(13-11-15)21(28)16(2)29-22-25-24-20(27(22)23)14-18-8-5-7-17-6-3-4-9-19(17)18/h3-9,15-16H,10-14,23H2,1-2H3/t16-/m1/s1. The van der Waals surface area contributed by atoms with Gasteiger partial charge in [0.05, 0.1) is 5.25 Å². The molecule has 0 bridgehead atoms. The number of carbonyl (C=O) groups excluding carboxylic acids is 1. The summed E-state index contributed by atoms with van der Waals surface area (Å²) in [7, 11) is 0. The van der Waals surface area contributed by atoms with E-state index in [1.54, 1.807) is 0 Å². The van der Waals surface area contributed by atoms with Gasteiger partial charge in [-0.05, 0) is 42.0 Å². The largest absolute Gasteiger partial charge is 0.342 e. The molecule has 6 nitrogen and oxygen atoms in total. The molecule has 1 aliphatic rings. The van der Waals surface area contributed by atoms with Crippen LogP contribution in [0.5, 0.6) is 0 Å². The van der Waals surface area contributed by atoms with E-state index in [1.165, 1.54) is 27.2 Å². The van der Waals surface area contributed by atoms with Gasteiger partial charge >= 0.3 is 0 Å². The highest BCUT2D eigenvalue weighted by Crippen LogP contribution is 2.26. The number of nitrogens with two attached hydrogens (primary N) is 1. The molecule has 1 atom stereocenters. The minimum atomic E-state index is -0.236. The van der Waals surface area contributed by atoms with Crippen molar-refractivity contribution in [1.82, 2.24) is 19.8 Å². The second-order valence-electron chi connectivity index (χ2n) is 7.85. The van der Waals surface area contributed by atoms with E-state index in [9.17, 15) is 4.79 Å². The second-order valence-corrected chi connectivity index (χ2v) is 9.16. The minimum absolute atomic E-state index is 0.153. The van der Waals surface area contributed by atoms with Crippen LogP contribution in [0.15, 0.2) is 47.6 Å². The summed E-state index contributed by atoms with van der Waals surface area (Å²) in [5.74, 6) is 7.83. The fraction of sp³-hybridized carbons (Fsp3) is 0.409. The number of fused-ring (bicyclic) bond motifs is 1. The summed E-state index contributed by atoms with van der Waals surface area (Å²) in [5, 5.41) is 11.3. The zero-order chi connectivity index (χ0) is 20.4. The van der Waals surface area contributed by atoms with Crippen molar-refractivity contribution in [2.45, 2.75) is 43.5 Å². The average molecular weight is 410 g/mol. The van der Waals surface area contributed by atoms with Gasteiger partial charge in [0.2, 0.25) is 11.1 Å². The predicted molar refractivity (Wildman–Crippen MR) is 117 cm³/mol. The molecule has 1 aliphatic heterocycles. The van der Waals surface area contributed by atoms with Crippen molar-refractivity contribution >= 4 is 28.4 Å². The molecule has 0 aliphatic carbocycles. The fourth-order valence-corrected chi connectivity index (χ4v) is 4.69. The molecule has 0 unspecified atom stereocenters. The molecule has 2 aromatic carbocycles. The lowest BCUT2D eigenvalue weighted by Crippen LogP contribution is -2.41. The van der Waals surface area contributed by atoms with Gasteiger partial charge in [-0.25, -0.2) is 4.68 Å². The maximum absolute atomic E-state index is 12.8. The number of nitrogen functional groups attached to an aromatic ring is 1. The van der Waals surface area contributed by atoms with Crippen LogP contribution in [0, 0.1) is 5.92 Å². The summed E-state index contributed by atoms with van der Waals surface area (Å²) >= 11 is 1.38. The Labute approximate surface area is 175 Å². The number of benzene rings is 2. The van der Waals surface area contributed by atoms with Crippen molar-refractivity contribution in [2.24, 2.45) is 5.92 Å². The van der Waals surface area contributed by atoms with Crippen LogP contribution in [-0.4, -0.2) is 44.0 Å². The highest BCUT2D eigenvalue weighted by molar-refractivity contribution is 8.00. The molecule has 7 heteroatoms. The van der Waals surface area contributed by atoms with Crippen molar-refractivity contribution in [1.29, 1.82) is 0 Å². The molecule has 29 heavy (non-hydrogen) atoms. The molecule has 1 saturated heterocycles. The highest BCUT2D eigenvalue weighted by atomic mass is 32.2. The van der Waals surface area contributed by atoms with Crippen LogP contribution in [0.3, 0.4) is 0 Å². The van der Waals surface area contributed by atoms with Gasteiger partial charge in [0.25, 0.3) is 0 Å². The van der Waals surface area contributed by atoms with E-state index in [-0.39, 0.29) is 11.2 Å². The second kappa shape index (κ2) is 8.45. The third kappa shape index (κ3) is 4.24. The van der Waals surface area contributed by atoms with Gasteiger partial charge in [0.15, 0.2) is 5.82 Å². The van der Waals surface area contributed by atoms with Crippen LogP contribution in [-0.2, 0) is 11.2 Å². The lowest BCUT2D eigenvalue weighted by Gasteiger charge is -2.31. The highest BCUT2D eigenvalue weighted by Gasteiger charge is 2.26. The summed E-state index contributed by atoms with van der Waals surface area (Å²) in [5.41, 5.74) is 1.16. The lowest BCUT2D eigenvalue weighted by molar-refractivity contribution is -0.131. The van der Waals surface area contributed by atoms with E-state index < -0.39 is 0 Å². The molecule has 1 aromatic heterocycles. The Morgan fingerprint density at radius 1 is 1.17 bits per heavy atom. The van der Waals surface area contributed by atoms with Gasteiger partial charge in [-0.1, -0.05) is 61.2 Å². The number of aromatic nitrogens is 3. The average Bonchev–Trinajstić information content (AvgIpc) is 3.07. The summed E-state index contributed by atoms with van der Waals surface area (Å²) < 4.78 is 1.52. The lowest BCUT2D eigenvalue weighted by atomic mass is 9.99. The fourth-order valence-electron chi connectivity index (χ4n) is 3.82. The number of rotatable bonds is 5. The van der Waals surface area contributed by atoms with Crippen molar-refractivity contribution in [3.63, 3.8) is 0 Å². The Balaban J connectivity index is 1.46. The van der Waals surface area contributed by atoms with E-state index >= 15 is 0 Å². The molecule has 2 heterocycles. The van der Waals surface area contributed by atoms with E-state index in [4.69, 9.17) is 5.84 Å². The summed E-state index contributed by atoms with van der Waals surface area (Å²) in [4.78, 5) is 14.7. The van der Waals surface area contributed by atoms with Crippen molar-refractivity contribution in [2.75, 3.05) is 18.9 Å².